The van der Waals surface area contributed by atoms with Gasteiger partial charge in [0.2, 0.25) is 5.91 Å². The lowest BCUT2D eigenvalue weighted by Crippen LogP contribution is -2.40. The van der Waals surface area contributed by atoms with E-state index in [4.69, 9.17) is 5.73 Å². The number of nitrogens with one attached hydrogen (secondary N) is 1. The second kappa shape index (κ2) is 6.92. The maximum Gasteiger partial charge on any atom is 0.240 e. The van der Waals surface area contributed by atoms with E-state index in [1.165, 1.54) is 0 Å². The molecule has 0 aromatic heterocycles. The number of carbonyl (C=O) groups excluding carboxylic acids is 2. The molecular weight excluding hydrogens is 240 g/mol. The number of carbonyl (C=O) groups is 2. The number of ketones is 1. The van der Waals surface area contributed by atoms with E-state index in [1.54, 1.807) is 0 Å². The van der Waals surface area contributed by atoms with E-state index in [0.29, 0.717) is 6.42 Å². The molecule has 0 spiro atoms. The lowest BCUT2D eigenvalue weighted by Gasteiger charge is -2.13. The van der Waals surface area contributed by atoms with Crippen molar-refractivity contribution in [3.05, 3.63) is 35.1 Å². The Bertz CT molecular complexity index is 459. The fourth-order valence-corrected chi connectivity index (χ4v) is 2.21. The van der Waals surface area contributed by atoms with Gasteiger partial charge in [-0.3, -0.25) is 9.59 Å². The standard InChI is InChI=1S/C13H16N2O2.C2H6/c1-2-8-4-3-5-9-6-10(8)12(16)7-11(15-9)13(14)17;1-2/h3-5,11,15H,2,6-7H2,1H3,(H2,14,17);1-2H3. The lowest BCUT2D eigenvalue weighted by molar-refractivity contribution is -0.123. The highest BCUT2D eigenvalue weighted by Crippen LogP contribution is 2.26. The summed E-state index contributed by atoms with van der Waals surface area (Å²) in [7, 11) is 0. The Kier molecular flexibility index (Phi) is 5.55. The molecule has 4 nitrogen and oxygen atoms in total. The van der Waals surface area contributed by atoms with Crippen molar-refractivity contribution in [1.29, 1.82) is 0 Å². The van der Waals surface area contributed by atoms with E-state index in [-0.39, 0.29) is 12.2 Å². The van der Waals surface area contributed by atoms with Gasteiger partial charge in [0, 0.05) is 24.1 Å². The van der Waals surface area contributed by atoms with E-state index < -0.39 is 11.9 Å². The van der Waals surface area contributed by atoms with Gasteiger partial charge in [0.15, 0.2) is 5.78 Å². The van der Waals surface area contributed by atoms with Crippen LogP contribution in [-0.2, 0) is 9.59 Å². The first-order valence-electron chi connectivity index (χ1n) is 6.80. The van der Waals surface area contributed by atoms with E-state index >= 15 is 0 Å². The van der Waals surface area contributed by atoms with Crippen LogP contribution in [0.1, 0.15) is 40.0 Å². The first-order chi connectivity index (χ1) is 9.11. The zero-order valence-electron chi connectivity index (χ0n) is 11.8. The molecule has 1 heterocycles. The summed E-state index contributed by atoms with van der Waals surface area (Å²) in [5.41, 5.74) is 8.01. The Balaban J connectivity index is 0.000000861. The fourth-order valence-electron chi connectivity index (χ4n) is 2.21. The Labute approximate surface area is 114 Å². The summed E-state index contributed by atoms with van der Waals surface area (Å²) < 4.78 is 0. The third kappa shape index (κ3) is 3.56. The van der Waals surface area contributed by atoms with Crippen molar-refractivity contribution in [3.63, 3.8) is 0 Å². The number of rotatable bonds is 2. The van der Waals surface area contributed by atoms with Gasteiger partial charge >= 0.3 is 0 Å². The van der Waals surface area contributed by atoms with Crippen molar-refractivity contribution in [2.45, 2.75) is 46.1 Å². The van der Waals surface area contributed by atoms with E-state index in [2.05, 4.69) is 5.32 Å². The van der Waals surface area contributed by atoms with Crippen LogP contribution >= 0.6 is 0 Å². The van der Waals surface area contributed by atoms with Gasteiger partial charge in [-0.05, 0) is 18.1 Å². The van der Waals surface area contributed by atoms with Gasteiger partial charge in [0.1, 0.15) is 6.04 Å². The highest BCUT2D eigenvalue weighted by atomic mass is 16.1. The summed E-state index contributed by atoms with van der Waals surface area (Å²) in [5.74, 6) is -0.457. The topological polar surface area (TPSA) is 72.2 Å². The molecule has 1 amide bonds. The molecule has 104 valence electrons. The molecule has 2 rings (SSSR count). The van der Waals surface area contributed by atoms with Crippen molar-refractivity contribution >= 4 is 11.7 Å². The third-order valence-corrected chi connectivity index (χ3v) is 3.16. The first kappa shape index (κ1) is 15.2. The molecular formula is C15H22N2O2. The summed E-state index contributed by atoms with van der Waals surface area (Å²) >= 11 is 0. The Morgan fingerprint density at radius 2 is 2.16 bits per heavy atom. The molecule has 0 radical (unpaired) electrons. The van der Waals surface area contributed by atoms with Gasteiger partial charge in [-0.2, -0.15) is 0 Å². The number of fused-ring (bicyclic) bond motifs is 2. The highest BCUT2D eigenvalue weighted by Gasteiger charge is 2.28. The second-order valence-corrected chi connectivity index (χ2v) is 4.31. The average molecular weight is 262 g/mol. The Morgan fingerprint density at radius 1 is 1.47 bits per heavy atom. The SMILES string of the molecule is CC.CCC1=C2CC(=CC=C1)NC(C(N)=O)CC2=O. The molecule has 1 saturated heterocycles. The molecule has 1 aliphatic carbocycles. The minimum Gasteiger partial charge on any atom is -0.376 e. The van der Waals surface area contributed by atoms with Crippen molar-refractivity contribution in [3.8, 4) is 0 Å². The monoisotopic (exact) mass is 262 g/mol. The molecule has 2 bridgehead atoms. The zero-order chi connectivity index (χ0) is 14.4. The molecule has 1 aliphatic heterocycles. The smallest absolute Gasteiger partial charge is 0.240 e. The molecule has 1 fully saturated rings. The minimum atomic E-state index is -0.587. The average Bonchev–Trinajstić information content (AvgIpc) is 2.71. The van der Waals surface area contributed by atoms with E-state index in [9.17, 15) is 9.59 Å². The van der Waals surface area contributed by atoms with Gasteiger partial charge in [0.05, 0.1) is 0 Å². The third-order valence-electron chi connectivity index (χ3n) is 3.16. The number of Topliss-reactive ketones (excluding diaryl/α,β-unsaturated/α-hetero) is 1. The number of hydrogen-bond acceptors (Lipinski definition) is 3. The number of amides is 1. The number of nitrogens with two attached hydrogens (primary N) is 1. The van der Waals surface area contributed by atoms with Crippen molar-refractivity contribution in [2.24, 2.45) is 5.73 Å². The molecule has 0 aromatic rings. The van der Waals surface area contributed by atoms with Gasteiger partial charge in [-0.1, -0.05) is 32.9 Å². The van der Waals surface area contributed by atoms with Crippen LogP contribution in [0.15, 0.2) is 35.1 Å². The molecule has 19 heavy (non-hydrogen) atoms. The zero-order valence-corrected chi connectivity index (χ0v) is 11.8. The summed E-state index contributed by atoms with van der Waals surface area (Å²) in [5, 5.41) is 3.04. The normalized spacial score (nSPS) is 21.5. The summed E-state index contributed by atoms with van der Waals surface area (Å²) in [6.07, 6.45) is 7.31. The number of allylic oxidation sites excluding steroid dienone is 5. The molecule has 2 aliphatic rings. The van der Waals surface area contributed by atoms with Gasteiger partial charge in [-0.25, -0.2) is 0 Å². The number of primary amides is 1. The predicted octanol–water partition coefficient (Wildman–Crippen LogP) is 1.98. The van der Waals surface area contributed by atoms with Crippen LogP contribution < -0.4 is 11.1 Å². The van der Waals surface area contributed by atoms with Crippen LogP contribution in [0.5, 0.6) is 0 Å². The molecule has 4 heteroatoms. The van der Waals surface area contributed by atoms with Crippen molar-refractivity contribution < 1.29 is 9.59 Å². The van der Waals surface area contributed by atoms with Gasteiger partial charge < -0.3 is 11.1 Å². The lowest BCUT2D eigenvalue weighted by atomic mass is 9.97. The highest BCUT2D eigenvalue weighted by molar-refractivity contribution is 6.01. The summed E-state index contributed by atoms with van der Waals surface area (Å²) in [6.45, 7) is 6.02. The van der Waals surface area contributed by atoms with Crippen molar-refractivity contribution in [2.75, 3.05) is 0 Å². The fraction of sp³-hybridized carbons (Fsp3) is 0.467. The van der Waals surface area contributed by atoms with Crippen molar-refractivity contribution in [1.82, 2.24) is 5.32 Å². The summed E-state index contributed by atoms with van der Waals surface area (Å²) in [6, 6.07) is -0.587. The molecule has 3 N–H and O–H groups in total. The van der Waals surface area contributed by atoms with E-state index in [1.807, 2.05) is 39.0 Å². The van der Waals surface area contributed by atoms with Gasteiger partial charge in [-0.15, -0.1) is 0 Å². The number of hydrogen-bond donors (Lipinski definition) is 2. The predicted molar refractivity (Wildman–Crippen MR) is 76.2 cm³/mol. The Morgan fingerprint density at radius 3 is 2.74 bits per heavy atom. The van der Waals surface area contributed by atoms with E-state index in [0.717, 1.165) is 23.3 Å². The van der Waals surface area contributed by atoms with Gasteiger partial charge in [0.25, 0.3) is 0 Å². The first-order valence-corrected chi connectivity index (χ1v) is 6.80. The maximum absolute atomic E-state index is 12.1. The Hall–Kier alpha value is -1.84. The van der Waals surface area contributed by atoms with Crippen LogP contribution in [0.4, 0.5) is 0 Å². The molecule has 0 aromatic carbocycles. The van der Waals surface area contributed by atoms with Crippen LogP contribution in [0.25, 0.3) is 0 Å². The second-order valence-electron chi connectivity index (χ2n) is 4.31. The quantitative estimate of drug-likeness (QED) is 0.799. The van der Waals surface area contributed by atoms with Crippen LogP contribution in [0.3, 0.4) is 0 Å². The van der Waals surface area contributed by atoms with Crippen LogP contribution in [0.2, 0.25) is 0 Å². The summed E-state index contributed by atoms with van der Waals surface area (Å²) in [4.78, 5) is 23.3. The molecule has 1 unspecified atom stereocenters. The molecule has 0 saturated carbocycles. The molecule has 1 atom stereocenters. The van der Waals surface area contributed by atoms with Crippen LogP contribution in [-0.4, -0.2) is 17.7 Å². The maximum atomic E-state index is 12.1. The minimum absolute atomic E-state index is 0.0214. The van der Waals surface area contributed by atoms with Crippen LogP contribution in [0, 0.1) is 0 Å². The largest absolute Gasteiger partial charge is 0.376 e.